The number of methoxy groups -OCH3 is 1. The zero-order valence-corrected chi connectivity index (χ0v) is 11.8. The maximum atomic E-state index is 5.85. The molecule has 21 heavy (non-hydrogen) atoms. The molecule has 0 saturated carbocycles. The summed E-state index contributed by atoms with van der Waals surface area (Å²) < 4.78 is 10.8. The quantitative estimate of drug-likeness (QED) is 0.563. The van der Waals surface area contributed by atoms with Crippen LogP contribution in [0, 0.1) is 6.92 Å². The van der Waals surface area contributed by atoms with Crippen LogP contribution < -0.4 is 16.0 Å². The minimum absolute atomic E-state index is 0.365. The Bertz CT molecular complexity index is 752. The van der Waals surface area contributed by atoms with E-state index in [4.69, 9.17) is 15.0 Å². The van der Waals surface area contributed by atoms with Crippen molar-refractivity contribution in [2.24, 2.45) is 5.84 Å². The van der Waals surface area contributed by atoms with Crippen LogP contribution in [0.1, 0.15) is 23.1 Å². The van der Waals surface area contributed by atoms with Crippen molar-refractivity contribution in [3.8, 4) is 5.88 Å². The van der Waals surface area contributed by atoms with E-state index in [1.54, 1.807) is 19.2 Å². The fraction of sp³-hybridized carbons (Fsp3) is 0.200. The number of nitrogens with zero attached hydrogens (tertiary/aromatic N) is 2. The second kappa shape index (κ2) is 5.51. The minimum Gasteiger partial charge on any atom is -0.480 e. The molecule has 1 atom stereocenters. The summed E-state index contributed by atoms with van der Waals surface area (Å²) in [6.45, 7) is 2.04. The molecular formula is C15H16N4O2. The number of aryl methyl sites for hydroxylation is 1. The number of hydrogen-bond donors (Lipinski definition) is 2. The smallest absolute Gasteiger partial charge is 0.233 e. The average Bonchev–Trinajstić information content (AvgIpc) is 2.91. The first-order valence-electron chi connectivity index (χ1n) is 6.55. The molecule has 0 aliphatic rings. The van der Waals surface area contributed by atoms with E-state index in [9.17, 15) is 0 Å². The normalized spacial score (nSPS) is 12.5. The van der Waals surface area contributed by atoms with Crippen LogP contribution in [0.3, 0.4) is 0 Å². The lowest BCUT2D eigenvalue weighted by Crippen LogP contribution is -2.29. The van der Waals surface area contributed by atoms with Crippen molar-refractivity contribution in [1.82, 2.24) is 15.6 Å². The average molecular weight is 284 g/mol. The van der Waals surface area contributed by atoms with Crippen molar-refractivity contribution in [3.63, 3.8) is 0 Å². The van der Waals surface area contributed by atoms with E-state index in [0.717, 1.165) is 11.0 Å². The molecule has 3 rings (SSSR count). The van der Waals surface area contributed by atoms with E-state index in [1.165, 1.54) is 5.56 Å². The van der Waals surface area contributed by atoms with E-state index in [0.29, 0.717) is 17.3 Å². The number of nitrogens with one attached hydrogen (secondary N) is 1. The molecule has 0 radical (unpaired) electrons. The van der Waals surface area contributed by atoms with Crippen LogP contribution in [0.2, 0.25) is 0 Å². The third kappa shape index (κ3) is 2.58. The Hall–Kier alpha value is -2.44. The molecule has 0 bridgehead atoms. The van der Waals surface area contributed by atoms with E-state index in [1.807, 2.05) is 25.1 Å². The highest BCUT2D eigenvalue weighted by Crippen LogP contribution is 2.27. The van der Waals surface area contributed by atoms with Crippen molar-refractivity contribution in [2.45, 2.75) is 13.0 Å². The topological polar surface area (TPSA) is 86.2 Å². The number of rotatable bonds is 4. The van der Waals surface area contributed by atoms with Crippen LogP contribution in [-0.4, -0.2) is 17.3 Å². The number of nitrogens with two attached hydrogens (primary N) is 1. The molecule has 0 aliphatic carbocycles. The molecule has 6 nitrogen and oxygen atoms in total. The van der Waals surface area contributed by atoms with E-state index in [-0.39, 0.29) is 6.04 Å². The number of ether oxygens (including phenoxy) is 1. The standard InChI is InChI=1S/C15H16N4O2/c1-9-3-5-12-10(7-9)8-13(21-12)15(17-16)11-4-6-14(20-2)19-18-11/h3-8,15,17H,16H2,1-2H3. The highest BCUT2D eigenvalue weighted by molar-refractivity contribution is 5.78. The van der Waals surface area contributed by atoms with Gasteiger partial charge in [0.05, 0.1) is 12.8 Å². The SMILES string of the molecule is COc1ccc(C(NN)c2cc3cc(C)ccc3o2)nn1. The van der Waals surface area contributed by atoms with E-state index in [2.05, 4.69) is 21.7 Å². The first-order chi connectivity index (χ1) is 10.2. The van der Waals surface area contributed by atoms with Gasteiger partial charge in [0.1, 0.15) is 17.4 Å². The first-order valence-corrected chi connectivity index (χ1v) is 6.55. The number of benzene rings is 1. The zero-order valence-electron chi connectivity index (χ0n) is 11.8. The predicted molar refractivity (Wildman–Crippen MR) is 78.7 cm³/mol. The predicted octanol–water partition coefficient (Wildman–Crippen LogP) is 2.09. The molecule has 0 amide bonds. The van der Waals surface area contributed by atoms with Gasteiger partial charge in [-0.3, -0.25) is 5.84 Å². The van der Waals surface area contributed by atoms with Gasteiger partial charge in [-0.05, 0) is 31.2 Å². The summed E-state index contributed by atoms with van der Waals surface area (Å²) >= 11 is 0. The van der Waals surface area contributed by atoms with Crippen molar-refractivity contribution in [3.05, 3.63) is 53.4 Å². The largest absolute Gasteiger partial charge is 0.480 e. The summed E-state index contributed by atoms with van der Waals surface area (Å²) in [7, 11) is 1.55. The van der Waals surface area contributed by atoms with Crippen LogP contribution >= 0.6 is 0 Å². The van der Waals surface area contributed by atoms with E-state index >= 15 is 0 Å². The second-order valence-corrected chi connectivity index (χ2v) is 4.79. The van der Waals surface area contributed by atoms with Crippen LogP contribution in [0.25, 0.3) is 11.0 Å². The van der Waals surface area contributed by atoms with Gasteiger partial charge in [0.2, 0.25) is 5.88 Å². The molecular weight excluding hydrogens is 268 g/mol. The van der Waals surface area contributed by atoms with Gasteiger partial charge in [-0.1, -0.05) is 11.6 Å². The van der Waals surface area contributed by atoms with Gasteiger partial charge in [0.15, 0.2) is 0 Å². The Morgan fingerprint density at radius 1 is 1.19 bits per heavy atom. The van der Waals surface area contributed by atoms with Crippen molar-refractivity contribution in [2.75, 3.05) is 7.11 Å². The molecule has 108 valence electrons. The fourth-order valence-corrected chi connectivity index (χ4v) is 2.23. The van der Waals surface area contributed by atoms with Crippen molar-refractivity contribution >= 4 is 11.0 Å². The summed E-state index contributed by atoms with van der Waals surface area (Å²) in [4.78, 5) is 0. The Morgan fingerprint density at radius 3 is 2.71 bits per heavy atom. The van der Waals surface area contributed by atoms with Crippen LogP contribution in [-0.2, 0) is 0 Å². The van der Waals surface area contributed by atoms with Crippen molar-refractivity contribution in [1.29, 1.82) is 0 Å². The van der Waals surface area contributed by atoms with Gasteiger partial charge in [0, 0.05) is 11.5 Å². The Labute approximate surface area is 121 Å². The third-order valence-electron chi connectivity index (χ3n) is 3.31. The highest BCUT2D eigenvalue weighted by Gasteiger charge is 2.19. The van der Waals surface area contributed by atoms with Crippen molar-refractivity contribution < 1.29 is 9.15 Å². The number of hydrogen-bond acceptors (Lipinski definition) is 6. The van der Waals surface area contributed by atoms with Crippen LogP contribution in [0.15, 0.2) is 40.8 Å². The van der Waals surface area contributed by atoms with Gasteiger partial charge in [0.25, 0.3) is 0 Å². The van der Waals surface area contributed by atoms with E-state index < -0.39 is 0 Å². The molecule has 3 N–H and O–H groups in total. The maximum Gasteiger partial charge on any atom is 0.233 e. The molecule has 2 aromatic heterocycles. The summed E-state index contributed by atoms with van der Waals surface area (Å²) in [5.74, 6) is 6.80. The molecule has 0 saturated heterocycles. The maximum absolute atomic E-state index is 5.85. The Balaban J connectivity index is 2.00. The fourth-order valence-electron chi connectivity index (χ4n) is 2.23. The zero-order chi connectivity index (χ0) is 14.8. The molecule has 0 fully saturated rings. The van der Waals surface area contributed by atoms with Gasteiger partial charge in [-0.25, -0.2) is 5.43 Å². The summed E-state index contributed by atoms with van der Waals surface area (Å²) in [6, 6.07) is 11.1. The second-order valence-electron chi connectivity index (χ2n) is 4.79. The Kier molecular flexibility index (Phi) is 3.55. The summed E-state index contributed by atoms with van der Waals surface area (Å²) in [5.41, 5.74) is 5.37. The van der Waals surface area contributed by atoms with Gasteiger partial charge in [-0.15, -0.1) is 10.2 Å². The lowest BCUT2D eigenvalue weighted by atomic mass is 10.1. The number of aromatic nitrogens is 2. The minimum atomic E-state index is -0.365. The van der Waals surface area contributed by atoms with Crippen LogP contribution in [0.4, 0.5) is 0 Å². The summed E-state index contributed by atoms with van der Waals surface area (Å²) in [5, 5.41) is 9.09. The summed E-state index contributed by atoms with van der Waals surface area (Å²) in [6.07, 6.45) is 0. The molecule has 2 heterocycles. The molecule has 6 heteroatoms. The number of furan rings is 1. The lowest BCUT2D eigenvalue weighted by molar-refractivity contribution is 0.388. The van der Waals surface area contributed by atoms with Gasteiger partial charge >= 0.3 is 0 Å². The Morgan fingerprint density at radius 2 is 2.05 bits per heavy atom. The lowest BCUT2D eigenvalue weighted by Gasteiger charge is -2.11. The molecule has 3 aromatic rings. The number of hydrazine groups is 1. The number of fused-ring (bicyclic) bond motifs is 1. The van der Waals surface area contributed by atoms with Gasteiger partial charge < -0.3 is 9.15 Å². The highest BCUT2D eigenvalue weighted by atomic mass is 16.5. The molecule has 0 aliphatic heterocycles. The molecule has 1 aromatic carbocycles. The van der Waals surface area contributed by atoms with Gasteiger partial charge in [-0.2, -0.15) is 0 Å². The molecule has 1 unspecified atom stereocenters. The van der Waals surface area contributed by atoms with Crippen LogP contribution in [0.5, 0.6) is 5.88 Å². The molecule has 0 spiro atoms. The third-order valence-corrected chi connectivity index (χ3v) is 3.31. The monoisotopic (exact) mass is 284 g/mol. The first kappa shape index (κ1) is 13.5.